The Bertz CT molecular complexity index is 887. The van der Waals surface area contributed by atoms with E-state index in [0.717, 1.165) is 18.4 Å². The first kappa shape index (κ1) is 15.7. The van der Waals surface area contributed by atoms with Crippen molar-refractivity contribution in [3.63, 3.8) is 0 Å². The molecule has 0 spiro atoms. The molecular weight excluding hydrogens is 314 g/mol. The fourth-order valence-electron chi connectivity index (χ4n) is 3.25. The summed E-state index contributed by atoms with van der Waals surface area (Å²) in [6.07, 6.45) is 7.84. The van der Waals surface area contributed by atoms with Crippen LogP contribution in [0.25, 0.3) is 11.4 Å². The minimum absolute atomic E-state index is 0.131. The van der Waals surface area contributed by atoms with E-state index < -0.39 is 0 Å². The molecule has 1 unspecified atom stereocenters. The number of aryl methyl sites for hydroxylation is 2. The maximum absolute atomic E-state index is 6.29. The first-order chi connectivity index (χ1) is 12.2. The van der Waals surface area contributed by atoms with Gasteiger partial charge in [-0.2, -0.15) is 10.1 Å². The minimum atomic E-state index is 0.131. The molecule has 7 nitrogen and oxygen atoms in total. The zero-order valence-electron chi connectivity index (χ0n) is 14.2. The van der Waals surface area contributed by atoms with Crippen LogP contribution >= 0.6 is 0 Å². The standard InChI is InChI=1S/C18H21N7/c1-25-9-8-16(24-25)22-18-21-11-20-17(23-18)13-6-7-14-12(10-13)4-2-3-5-15(14)19/h6-11,15H,2-5,19H2,1H3,(H,20,21,22,23,24). The summed E-state index contributed by atoms with van der Waals surface area (Å²) in [6, 6.07) is 8.33. The lowest BCUT2D eigenvalue weighted by Crippen LogP contribution is -2.10. The molecule has 0 fully saturated rings. The van der Waals surface area contributed by atoms with E-state index in [-0.39, 0.29) is 6.04 Å². The van der Waals surface area contributed by atoms with Crippen LogP contribution in [0.4, 0.5) is 11.8 Å². The molecule has 1 aliphatic rings. The second kappa shape index (κ2) is 6.60. The summed E-state index contributed by atoms with van der Waals surface area (Å²) >= 11 is 0. The Morgan fingerprint density at radius 1 is 1.20 bits per heavy atom. The van der Waals surface area contributed by atoms with Crippen LogP contribution in [0.2, 0.25) is 0 Å². The van der Waals surface area contributed by atoms with Gasteiger partial charge in [-0.3, -0.25) is 4.68 Å². The van der Waals surface area contributed by atoms with E-state index in [1.54, 1.807) is 4.68 Å². The summed E-state index contributed by atoms with van der Waals surface area (Å²) in [5, 5.41) is 7.38. The van der Waals surface area contributed by atoms with Crippen LogP contribution in [-0.4, -0.2) is 24.7 Å². The van der Waals surface area contributed by atoms with Gasteiger partial charge in [0.1, 0.15) is 6.33 Å². The maximum Gasteiger partial charge on any atom is 0.231 e. The lowest BCUT2D eigenvalue weighted by molar-refractivity contribution is 0.615. The largest absolute Gasteiger partial charge is 0.324 e. The monoisotopic (exact) mass is 335 g/mol. The predicted molar refractivity (Wildman–Crippen MR) is 96.2 cm³/mol. The molecule has 1 aromatic carbocycles. The number of nitrogens with zero attached hydrogens (tertiary/aromatic N) is 5. The van der Waals surface area contributed by atoms with E-state index in [2.05, 4.69) is 37.5 Å². The molecule has 128 valence electrons. The molecule has 0 saturated carbocycles. The van der Waals surface area contributed by atoms with Crippen LogP contribution < -0.4 is 11.1 Å². The van der Waals surface area contributed by atoms with Gasteiger partial charge < -0.3 is 11.1 Å². The third kappa shape index (κ3) is 3.36. The molecule has 0 aliphatic heterocycles. The highest BCUT2D eigenvalue weighted by molar-refractivity contribution is 5.59. The van der Waals surface area contributed by atoms with E-state index in [1.165, 1.54) is 30.3 Å². The van der Waals surface area contributed by atoms with Gasteiger partial charge in [0.05, 0.1) is 0 Å². The number of fused-ring (bicyclic) bond motifs is 1. The second-order valence-corrected chi connectivity index (χ2v) is 6.40. The summed E-state index contributed by atoms with van der Waals surface area (Å²) < 4.78 is 1.72. The zero-order chi connectivity index (χ0) is 17.2. The van der Waals surface area contributed by atoms with Crippen LogP contribution in [0.15, 0.2) is 36.8 Å². The molecule has 3 N–H and O–H groups in total. The molecule has 2 aromatic heterocycles. The molecule has 7 heteroatoms. The topological polar surface area (TPSA) is 94.5 Å². The van der Waals surface area contributed by atoms with Gasteiger partial charge in [0.25, 0.3) is 0 Å². The van der Waals surface area contributed by atoms with Crippen LogP contribution in [0.3, 0.4) is 0 Å². The molecule has 25 heavy (non-hydrogen) atoms. The van der Waals surface area contributed by atoms with E-state index in [1.807, 2.05) is 25.4 Å². The number of rotatable bonds is 3. The average Bonchev–Trinajstić information content (AvgIpc) is 2.93. The van der Waals surface area contributed by atoms with E-state index in [0.29, 0.717) is 17.6 Å². The van der Waals surface area contributed by atoms with Crippen LogP contribution in [0, 0.1) is 0 Å². The highest BCUT2D eigenvalue weighted by Crippen LogP contribution is 2.30. The average molecular weight is 335 g/mol. The first-order valence-electron chi connectivity index (χ1n) is 8.53. The van der Waals surface area contributed by atoms with Crippen molar-refractivity contribution in [1.82, 2.24) is 24.7 Å². The van der Waals surface area contributed by atoms with Gasteiger partial charge in [0.2, 0.25) is 5.95 Å². The highest BCUT2D eigenvalue weighted by Gasteiger charge is 2.16. The van der Waals surface area contributed by atoms with Crippen molar-refractivity contribution < 1.29 is 0 Å². The summed E-state index contributed by atoms with van der Waals surface area (Å²) in [4.78, 5) is 13.0. The molecule has 0 amide bonds. The second-order valence-electron chi connectivity index (χ2n) is 6.40. The Morgan fingerprint density at radius 3 is 2.96 bits per heavy atom. The van der Waals surface area contributed by atoms with Gasteiger partial charge in [0.15, 0.2) is 11.6 Å². The van der Waals surface area contributed by atoms with Crippen molar-refractivity contribution in [2.24, 2.45) is 12.8 Å². The molecule has 1 atom stereocenters. The van der Waals surface area contributed by atoms with Crippen LogP contribution in [-0.2, 0) is 13.5 Å². The number of nitrogens with two attached hydrogens (primary N) is 1. The third-order valence-corrected chi connectivity index (χ3v) is 4.54. The van der Waals surface area contributed by atoms with Crippen molar-refractivity contribution in [1.29, 1.82) is 0 Å². The van der Waals surface area contributed by atoms with Gasteiger partial charge in [0, 0.05) is 30.9 Å². The molecule has 2 heterocycles. The van der Waals surface area contributed by atoms with Gasteiger partial charge >= 0.3 is 0 Å². The molecule has 0 bridgehead atoms. The third-order valence-electron chi connectivity index (χ3n) is 4.54. The van der Waals surface area contributed by atoms with Gasteiger partial charge in [-0.05, 0) is 36.5 Å². The van der Waals surface area contributed by atoms with Crippen molar-refractivity contribution >= 4 is 11.8 Å². The number of anilines is 2. The number of benzene rings is 1. The predicted octanol–water partition coefficient (Wildman–Crippen LogP) is 2.74. The number of hydrogen-bond acceptors (Lipinski definition) is 6. The van der Waals surface area contributed by atoms with Crippen molar-refractivity contribution in [3.05, 3.63) is 47.9 Å². The molecule has 0 saturated heterocycles. The molecule has 1 aliphatic carbocycles. The van der Waals surface area contributed by atoms with E-state index in [4.69, 9.17) is 5.73 Å². The fourth-order valence-corrected chi connectivity index (χ4v) is 3.25. The normalized spacial score (nSPS) is 17.0. The first-order valence-corrected chi connectivity index (χ1v) is 8.53. The summed E-state index contributed by atoms with van der Waals surface area (Å²) in [5.41, 5.74) is 9.83. The number of nitrogens with one attached hydrogen (secondary N) is 1. The molecule has 0 radical (unpaired) electrons. The maximum atomic E-state index is 6.29. The Balaban J connectivity index is 1.63. The number of hydrogen-bond donors (Lipinski definition) is 2. The minimum Gasteiger partial charge on any atom is -0.324 e. The summed E-state index contributed by atoms with van der Waals surface area (Å²) in [6.45, 7) is 0. The lowest BCUT2D eigenvalue weighted by Gasteiger charge is -2.13. The quantitative estimate of drug-likeness (QED) is 0.715. The number of aromatic nitrogens is 5. The smallest absolute Gasteiger partial charge is 0.231 e. The zero-order valence-corrected chi connectivity index (χ0v) is 14.2. The summed E-state index contributed by atoms with van der Waals surface area (Å²) in [7, 11) is 1.87. The van der Waals surface area contributed by atoms with Crippen molar-refractivity contribution in [2.45, 2.75) is 31.7 Å². The molecule has 4 rings (SSSR count). The van der Waals surface area contributed by atoms with E-state index >= 15 is 0 Å². The SMILES string of the molecule is Cn1ccc(Nc2ncnc(-c3ccc4c(c3)CCCCC4N)n2)n1. The Kier molecular flexibility index (Phi) is 4.15. The highest BCUT2D eigenvalue weighted by atomic mass is 15.3. The van der Waals surface area contributed by atoms with Crippen LogP contribution in [0.1, 0.15) is 36.4 Å². The fraction of sp³-hybridized carbons (Fsp3) is 0.333. The Hall–Kier alpha value is -2.80. The Morgan fingerprint density at radius 2 is 2.12 bits per heavy atom. The van der Waals surface area contributed by atoms with Gasteiger partial charge in [-0.1, -0.05) is 18.6 Å². The molecule has 3 aromatic rings. The van der Waals surface area contributed by atoms with Gasteiger partial charge in [-0.15, -0.1) is 0 Å². The van der Waals surface area contributed by atoms with E-state index in [9.17, 15) is 0 Å². The molecular formula is C18H21N7. The summed E-state index contributed by atoms with van der Waals surface area (Å²) in [5.74, 6) is 1.83. The lowest BCUT2D eigenvalue weighted by atomic mass is 9.97. The van der Waals surface area contributed by atoms with Gasteiger partial charge in [-0.25, -0.2) is 9.97 Å². The van der Waals surface area contributed by atoms with Crippen molar-refractivity contribution in [3.8, 4) is 11.4 Å². The van der Waals surface area contributed by atoms with Crippen LogP contribution in [0.5, 0.6) is 0 Å². The Labute approximate surface area is 146 Å². The van der Waals surface area contributed by atoms with Crippen molar-refractivity contribution in [2.75, 3.05) is 5.32 Å².